The van der Waals surface area contributed by atoms with Crippen molar-refractivity contribution in [1.29, 1.82) is 0 Å². The highest BCUT2D eigenvalue weighted by Gasteiger charge is 2.30. The maximum absolute atomic E-state index is 13.1. The number of alkyl halides is 3. The molecule has 1 aliphatic rings. The highest BCUT2D eigenvalue weighted by Crippen LogP contribution is 2.32. The Kier molecular flexibility index (Phi) is 7.88. The number of anilines is 3. The molecule has 6 nitrogen and oxygen atoms in total. The Labute approximate surface area is 224 Å². The average Bonchev–Trinajstić information content (AvgIpc) is 2.94. The maximum atomic E-state index is 13.1. The van der Waals surface area contributed by atoms with Crippen LogP contribution in [0.25, 0.3) is 11.3 Å². The number of aromatic nitrogens is 2. The van der Waals surface area contributed by atoms with Crippen molar-refractivity contribution in [2.75, 3.05) is 23.7 Å². The number of nitrogens with zero attached hydrogens (tertiary/aromatic N) is 3. The van der Waals surface area contributed by atoms with Crippen LogP contribution in [-0.4, -0.2) is 33.9 Å². The van der Waals surface area contributed by atoms with Gasteiger partial charge in [-0.05, 0) is 80.0 Å². The fraction of sp³-hybridized carbons (Fsp3) is 0.233. The predicted molar refractivity (Wildman–Crippen MR) is 146 cm³/mol. The molecule has 4 aromatic rings. The highest BCUT2D eigenvalue weighted by atomic mass is 19.4. The number of halogens is 3. The molecule has 39 heavy (non-hydrogen) atoms. The minimum absolute atomic E-state index is 0.220. The Hall–Kier alpha value is -4.24. The summed E-state index contributed by atoms with van der Waals surface area (Å²) in [6, 6.07) is 21.3. The number of rotatable bonds is 7. The SMILES string of the molecule is O=C(Nc1cccc(Nc2nccc(-c3cccc(C(F)(F)F)c3)n2)c1)c1ccc(CN2CCCCC2)cc1. The summed E-state index contributed by atoms with van der Waals surface area (Å²) in [6.07, 6.45) is 0.810. The zero-order chi connectivity index (χ0) is 27.2. The molecule has 1 fully saturated rings. The van der Waals surface area contributed by atoms with Gasteiger partial charge < -0.3 is 10.6 Å². The van der Waals surface area contributed by atoms with E-state index < -0.39 is 11.7 Å². The van der Waals surface area contributed by atoms with Crippen LogP contribution in [0.5, 0.6) is 0 Å². The second-order valence-electron chi connectivity index (χ2n) is 9.54. The second kappa shape index (κ2) is 11.7. The van der Waals surface area contributed by atoms with E-state index in [0.717, 1.165) is 31.8 Å². The molecule has 0 unspecified atom stereocenters. The van der Waals surface area contributed by atoms with Gasteiger partial charge in [-0.25, -0.2) is 9.97 Å². The normalized spacial score (nSPS) is 14.1. The lowest BCUT2D eigenvalue weighted by atomic mass is 10.1. The molecular weight excluding hydrogens is 503 g/mol. The quantitative estimate of drug-likeness (QED) is 0.265. The molecule has 1 aromatic heterocycles. The summed E-state index contributed by atoms with van der Waals surface area (Å²) in [5, 5.41) is 5.96. The summed E-state index contributed by atoms with van der Waals surface area (Å²) in [6.45, 7) is 3.13. The summed E-state index contributed by atoms with van der Waals surface area (Å²) < 4.78 is 39.3. The third kappa shape index (κ3) is 7.00. The van der Waals surface area contributed by atoms with Crippen LogP contribution in [0.15, 0.2) is 85.1 Å². The first-order valence-corrected chi connectivity index (χ1v) is 12.8. The molecule has 1 amide bonds. The van der Waals surface area contributed by atoms with Crippen LogP contribution in [-0.2, 0) is 12.7 Å². The van der Waals surface area contributed by atoms with Crippen molar-refractivity contribution in [3.8, 4) is 11.3 Å². The topological polar surface area (TPSA) is 70.1 Å². The minimum Gasteiger partial charge on any atom is -0.324 e. The van der Waals surface area contributed by atoms with E-state index in [-0.39, 0.29) is 11.9 Å². The highest BCUT2D eigenvalue weighted by molar-refractivity contribution is 6.04. The van der Waals surface area contributed by atoms with E-state index in [9.17, 15) is 18.0 Å². The van der Waals surface area contributed by atoms with Gasteiger partial charge in [0.15, 0.2) is 0 Å². The number of nitrogens with one attached hydrogen (secondary N) is 2. The lowest BCUT2D eigenvalue weighted by Crippen LogP contribution is -2.29. The monoisotopic (exact) mass is 531 g/mol. The molecule has 0 aliphatic carbocycles. The van der Waals surface area contributed by atoms with Crippen molar-refractivity contribution < 1.29 is 18.0 Å². The van der Waals surface area contributed by atoms with Gasteiger partial charge in [-0.1, -0.05) is 36.8 Å². The summed E-state index contributed by atoms with van der Waals surface area (Å²) in [7, 11) is 0. The molecule has 0 spiro atoms. The summed E-state index contributed by atoms with van der Waals surface area (Å²) in [4.78, 5) is 23.8. The fourth-order valence-corrected chi connectivity index (χ4v) is 4.58. The molecule has 3 aromatic carbocycles. The number of piperidine rings is 1. The number of carbonyl (C=O) groups excluding carboxylic acids is 1. The molecule has 200 valence electrons. The molecule has 0 atom stereocenters. The van der Waals surface area contributed by atoms with Gasteiger partial charge in [-0.3, -0.25) is 9.69 Å². The zero-order valence-corrected chi connectivity index (χ0v) is 21.2. The molecular formula is C30H28F3N5O. The molecule has 0 saturated carbocycles. The first-order chi connectivity index (χ1) is 18.8. The van der Waals surface area contributed by atoms with Crippen LogP contribution < -0.4 is 10.6 Å². The summed E-state index contributed by atoms with van der Waals surface area (Å²) in [5.41, 5.74) is 2.89. The minimum atomic E-state index is -4.44. The van der Waals surface area contributed by atoms with E-state index in [4.69, 9.17) is 0 Å². The van der Waals surface area contributed by atoms with E-state index in [1.807, 2.05) is 24.3 Å². The number of amides is 1. The third-order valence-corrected chi connectivity index (χ3v) is 6.59. The van der Waals surface area contributed by atoms with Gasteiger partial charge in [0.2, 0.25) is 5.95 Å². The lowest BCUT2D eigenvalue weighted by molar-refractivity contribution is -0.137. The van der Waals surface area contributed by atoms with Crippen molar-refractivity contribution in [2.45, 2.75) is 32.0 Å². The molecule has 2 heterocycles. The molecule has 9 heteroatoms. The Morgan fingerprint density at radius 3 is 2.38 bits per heavy atom. The molecule has 1 saturated heterocycles. The van der Waals surface area contributed by atoms with Crippen molar-refractivity contribution in [2.24, 2.45) is 0 Å². The second-order valence-corrected chi connectivity index (χ2v) is 9.54. The maximum Gasteiger partial charge on any atom is 0.416 e. The Morgan fingerprint density at radius 1 is 0.872 bits per heavy atom. The van der Waals surface area contributed by atoms with Crippen LogP contribution in [0.4, 0.5) is 30.5 Å². The third-order valence-electron chi connectivity index (χ3n) is 6.59. The molecule has 5 rings (SSSR count). The molecule has 0 bridgehead atoms. The predicted octanol–water partition coefficient (Wildman–Crippen LogP) is 7.14. The van der Waals surface area contributed by atoms with Crippen molar-refractivity contribution >= 4 is 23.2 Å². The van der Waals surface area contributed by atoms with E-state index in [1.165, 1.54) is 37.1 Å². The van der Waals surface area contributed by atoms with Gasteiger partial charge in [0.1, 0.15) is 0 Å². The van der Waals surface area contributed by atoms with Gasteiger partial charge in [0, 0.05) is 35.2 Å². The van der Waals surface area contributed by atoms with Crippen LogP contribution in [0, 0.1) is 0 Å². The van der Waals surface area contributed by atoms with Crippen LogP contribution in [0.2, 0.25) is 0 Å². The van der Waals surface area contributed by atoms with Crippen molar-refractivity contribution in [1.82, 2.24) is 14.9 Å². The number of benzene rings is 3. The molecule has 2 N–H and O–H groups in total. The smallest absolute Gasteiger partial charge is 0.324 e. The van der Waals surface area contributed by atoms with Gasteiger partial charge in [0.05, 0.1) is 11.3 Å². The van der Waals surface area contributed by atoms with Crippen LogP contribution in [0.1, 0.15) is 40.7 Å². The lowest BCUT2D eigenvalue weighted by Gasteiger charge is -2.26. The Bertz CT molecular complexity index is 1430. The van der Waals surface area contributed by atoms with Crippen molar-refractivity contribution in [3.63, 3.8) is 0 Å². The van der Waals surface area contributed by atoms with Gasteiger partial charge in [-0.15, -0.1) is 0 Å². The van der Waals surface area contributed by atoms with Crippen LogP contribution >= 0.6 is 0 Å². The number of carbonyl (C=O) groups is 1. The fourth-order valence-electron chi connectivity index (χ4n) is 4.58. The van der Waals surface area contributed by atoms with E-state index in [1.54, 1.807) is 36.4 Å². The Balaban J connectivity index is 1.23. The Morgan fingerprint density at radius 2 is 1.62 bits per heavy atom. The first kappa shape index (κ1) is 26.4. The zero-order valence-electron chi connectivity index (χ0n) is 21.2. The average molecular weight is 532 g/mol. The number of likely N-dealkylation sites (tertiary alicyclic amines) is 1. The van der Waals surface area contributed by atoms with E-state index in [2.05, 4.69) is 25.5 Å². The van der Waals surface area contributed by atoms with Gasteiger partial charge >= 0.3 is 6.18 Å². The van der Waals surface area contributed by atoms with Gasteiger partial charge in [-0.2, -0.15) is 13.2 Å². The van der Waals surface area contributed by atoms with Crippen molar-refractivity contribution in [3.05, 3.63) is 102 Å². The molecule has 1 aliphatic heterocycles. The summed E-state index contributed by atoms with van der Waals surface area (Å²) >= 11 is 0. The van der Waals surface area contributed by atoms with Crippen LogP contribution in [0.3, 0.4) is 0 Å². The molecule has 0 radical (unpaired) electrons. The largest absolute Gasteiger partial charge is 0.416 e. The van der Waals surface area contributed by atoms with Gasteiger partial charge in [0.25, 0.3) is 5.91 Å². The standard InChI is InChI=1S/C30H28F3N5O/c31-30(32,33)24-7-4-6-23(18-24)27-14-15-34-29(37-27)36-26-9-5-8-25(19-26)35-28(39)22-12-10-21(11-13-22)20-38-16-2-1-3-17-38/h4-15,18-19H,1-3,16-17,20H2,(H,35,39)(H,34,36,37). The number of hydrogen-bond donors (Lipinski definition) is 2. The summed E-state index contributed by atoms with van der Waals surface area (Å²) in [5.74, 6) is -0.00264. The van der Waals surface area contributed by atoms with E-state index >= 15 is 0 Å². The van der Waals surface area contributed by atoms with E-state index in [0.29, 0.717) is 28.2 Å². The number of hydrogen-bond acceptors (Lipinski definition) is 5. The first-order valence-electron chi connectivity index (χ1n) is 12.8.